The van der Waals surface area contributed by atoms with E-state index in [2.05, 4.69) is 15.3 Å². The number of carbonyl (C=O) groups is 1. The van der Waals surface area contributed by atoms with Crippen molar-refractivity contribution in [2.45, 2.75) is 38.8 Å². The molecule has 0 unspecified atom stereocenters. The van der Waals surface area contributed by atoms with E-state index < -0.39 is 12.0 Å². The van der Waals surface area contributed by atoms with E-state index in [1.54, 1.807) is 0 Å². The number of rotatable bonds is 3. The second-order valence-corrected chi connectivity index (χ2v) is 5.20. The second-order valence-electron chi connectivity index (χ2n) is 5.20. The highest BCUT2D eigenvalue weighted by molar-refractivity contribution is 5.74. The molecule has 0 amide bonds. The van der Waals surface area contributed by atoms with Gasteiger partial charge < -0.3 is 4.74 Å². The van der Waals surface area contributed by atoms with E-state index in [0.717, 1.165) is 17.8 Å². The number of esters is 1. The van der Waals surface area contributed by atoms with E-state index in [0.29, 0.717) is 18.7 Å². The monoisotopic (exact) mass is 291 g/mol. The van der Waals surface area contributed by atoms with Gasteiger partial charge in [-0.1, -0.05) is 0 Å². The number of carbonyl (C=O) groups excluding carboxylic acids is 1. The zero-order valence-electron chi connectivity index (χ0n) is 12.0. The molecule has 0 saturated heterocycles. The summed E-state index contributed by atoms with van der Waals surface area (Å²) in [5, 5.41) is 11.3. The lowest BCUT2D eigenvalue weighted by Crippen LogP contribution is -2.35. The standard InChI is InChI=1S/C13H17N5O3/c1-8-6-9(15-14-8)7-17-13(20)18-10(12(19)21-2)4-3-5-11(18)16-17/h6,10H,3-5,7H2,1-2H3,(H,14,15)/t10-/m1/s1. The molecule has 0 bridgehead atoms. The van der Waals surface area contributed by atoms with Crippen LogP contribution in [0.25, 0.3) is 0 Å². The van der Waals surface area contributed by atoms with Gasteiger partial charge in [0, 0.05) is 12.1 Å². The van der Waals surface area contributed by atoms with Crippen molar-refractivity contribution < 1.29 is 9.53 Å². The highest BCUT2D eigenvalue weighted by atomic mass is 16.5. The van der Waals surface area contributed by atoms with Crippen molar-refractivity contribution in [2.75, 3.05) is 7.11 Å². The lowest BCUT2D eigenvalue weighted by atomic mass is 10.1. The average molecular weight is 291 g/mol. The van der Waals surface area contributed by atoms with Crippen LogP contribution in [0.1, 0.15) is 36.1 Å². The highest BCUT2D eigenvalue weighted by Crippen LogP contribution is 2.22. The first-order valence-corrected chi connectivity index (χ1v) is 6.87. The Labute approximate surface area is 120 Å². The molecule has 1 atom stereocenters. The van der Waals surface area contributed by atoms with Crippen LogP contribution >= 0.6 is 0 Å². The molecule has 1 N–H and O–H groups in total. The molecule has 0 saturated carbocycles. The van der Waals surface area contributed by atoms with Crippen molar-refractivity contribution >= 4 is 5.97 Å². The molecule has 0 spiro atoms. The molecule has 0 radical (unpaired) electrons. The number of H-pyrrole nitrogens is 1. The molecule has 21 heavy (non-hydrogen) atoms. The van der Waals surface area contributed by atoms with E-state index in [9.17, 15) is 9.59 Å². The highest BCUT2D eigenvalue weighted by Gasteiger charge is 2.31. The number of nitrogens with zero attached hydrogens (tertiary/aromatic N) is 4. The maximum absolute atomic E-state index is 12.5. The van der Waals surface area contributed by atoms with Crippen molar-refractivity contribution in [1.29, 1.82) is 0 Å². The Morgan fingerprint density at radius 2 is 2.38 bits per heavy atom. The first kappa shape index (κ1) is 13.6. The van der Waals surface area contributed by atoms with Gasteiger partial charge in [-0.3, -0.25) is 9.67 Å². The van der Waals surface area contributed by atoms with E-state index in [-0.39, 0.29) is 12.2 Å². The summed E-state index contributed by atoms with van der Waals surface area (Å²) in [4.78, 5) is 24.3. The van der Waals surface area contributed by atoms with E-state index in [1.165, 1.54) is 16.4 Å². The summed E-state index contributed by atoms with van der Waals surface area (Å²) in [6.07, 6.45) is 2.11. The number of fused-ring (bicyclic) bond motifs is 1. The number of hydrogen-bond donors (Lipinski definition) is 1. The normalized spacial score (nSPS) is 17.5. The van der Waals surface area contributed by atoms with Crippen molar-refractivity contribution in [3.8, 4) is 0 Å². The van der Waals surface area contributed by atoms with Crippen LogP contribution in [-0.2, 0) is 22.5 Å². The minimum atomic E-state index is -0.569. The van der Waals surface area contributed by atoms with Crippen LogP contribution in [0.5, 0.6) is 0 Å². The summed E-state index contributed by atoms with van der Waals surface area (Å²) in [6, 6.07) is 1.30. The average Bonchev–Trinajstić information content (AvgIpc) is 3.03. The van der Waals surface area contributed by atoms with Crippen LogP contribution in [0.3, 0.4) is 0 Å². The third-order valence-corrected chi connectivity index (χ3v) is 3.67. The van der Waals surface area contributed by atoms with Crippen molar-refractivity contribution in [1.82, 2.24) is 24.5 Å². The molecule has 0 aliphatic carbocycles. The van der Waals surface area contributed by atoms with Crippen LogP contribution in [0.2, 0.25) is 0 Å². The second kappa shape index (κ2) is 5.19. The van der Waals surface area contributed by atoms with Crippen molar-refractivity contribution in [3.05, 3.63) is 33.8 Å². The molecule has 8 nitrogen and oxygen atoms in total. The van der Waals surface area contributed by atoms with Gasteiger partial charge in [-0.25, -0.2) is 14.3 Å². The summed E-state index contributed by atoms with van der Waals surface area (Å²) in [5.41, 5.74) is 1.37. The zero-order chi connectivity index (χ0) is 15.0. The zero-order valence-corrected chi connectivity index (χ0v) is 12.0. The first-order valence-electron chi connectivity index (χ1n) is 6.87. The van der Waals surface area contributed by atoms with Gasteiger partial charge in [0.05, 0.1) is 19.3 Å². The van der Waals surface area contributed by atoms with Gasteiger partial charge in [0.15, 0.2) is 0 Å². The molecule has 2 aromatic heterocycles. The molecule has 0 aromatic carbocycles. The largest absolute Gasteiger partial charge is 0.467 e. The Morgan fingerprint density at radius 3 is 3.05 bits per heavy atom. The quantitative estimate of drug-likeness (QED) is 0.814. The number of hydrogen-bond acceptors (Lipinski definition) is 5. The first-order chi connectivity index (χ1) is 10.1. The number of aromatic amines is 1. The summed E-state index contributed by atoms with van der Waals surface area (Å²) in [6.45, 7) is 2.18. The number of nitrogens with one attached hydrogen (secondary N) is 1. The maximum Gasteiger partial charge on any atom is 0.347 e. The summed E-state index contributed by atoms with van der Waals surface area (Å²) < 4.78 is 7.59. The fraction of sp³-hybridized carbons (Fsp3) is 0.538. The lowest BCUT2D eigenvalue weighted by Gasteiger charge is -2.20. The molecule has 8 heteroatoms. The van der Waals surface area contributed by atoms with Gasteiger partial charge >= 0.3 is 11.7 Å². The third-order valence-electron chi connectivity index (χ3n) is 3.67. The van der Waals surface area contributed by atoms with Gasteiger partial charge in [-0.2, -0.15) is 10.2 Å². The van der Waals surface area contributed by atoms with Gasteiger partial charge in [0.2, 0.25) is 0 Å². The van der Waals surface area contributed by atoms with Crippen LogP contribution in [0.4, 0.5) is 0 Å². The summed E-state index contributed by atoms with van der Waals surface area (Å²) >= 11 is 0. The number of methoxy groups -OCH3 is 1. The van der Waals surface area contributed by atoms with Crippen molar-refractivity contribution in [2.24, 2.45) is 0 Å². The molecule has 0 fully saturated rings. The minimum absolute atomic E-state index is 0.289. The molecular formula is C13H17N5O3. The van der Waals surface area contributed by atoms with Gasteiger partial charge in [0.1, 0.15) is 11.9 Å². The Kier molecular flexibility index (Phi) is 3.36. The molecular weight excluding hydrogens is 274 g/mol. The Bertz CT molecular complexity index is 726. The van der Waals surface area contributed by atoms with Crippen LogP contribution in [0, 0.1) is 6.92 Å². The Balaban J connectivity index is 1.96. The van der Waals surface area contributed by atoms with Gasteiger partial charge in [0.25, 0.3) is 0 Å². The Morgan fingerprint density at radius 1 is 1.57 bits per heavy atom. The molecule has 3 heterocycles. The molecule has 1 aliphatic heterocycles. The van der Waals surface area contributed by atoms with Crippen LogP contribution in [0.15, 0.2) is 10.9 Å². The van der Waals surface area contributed by atoms with Gasteiger partial charge in [-0.05, 0) is 25.8 Å². The number of aromatic nitrogens is 5. The predicted molar refractivity (Wildman–Crippen MR) is 72.9 cm³/mol. The molecule has 112 valence electrons. The van der Waals surface area contributed by atoms with Crippen molar-refractivity contribution in [3.63, 3.8) is 0 Å². The minimum Gasteiger partial charge on any atom is -0.467 e. The lowest BCUT2D eigenvalue weighted by molar-refractivity contribution is -0.145. The van der Waals surface area contributed by atoms with Crippen LogP contribution < -0.4 is 5.69 Å². The van der Waals surface area contributed by atoms with Crippen LogP contribution in [-0.4, -0.2) is 37.6 Å². The van der Waals surface area contributed by atoms with E-state index >= 15 is 0 Å². The smallest absolute Gasteiger partial charge is 0.347 e. The van der Waals surface area contributed by atoms with E-state index in [1.807, 2.05) is 13.0 Å². The topological polar surface area (TPSA) is 94.8 Å². The fourth-order valence-corrected chi connectivity index (χ4v) is 2.70. The molecule has 3 rings (SSSR count). The molecule has 1 aliphatic rings. The Hall–Kier alpha value is -2.38. The maximum atomic E-state index is 12.5. The van der Waals surface area contributed by atoms with Gasteiger partial charge in [-0.15, -0.1) is 0 Å². The fourth-order valence-electron chi connectivity index (χ4n) is 2.70. The molecule has 2 aromatic rings. The van der Waals surface area contributed by atoms with E-state index in [4.69, 9.17) is 4.74 Å². The number of aryl methyl sites for hydroxylation is 2. The predicted octanol–water partition coefficient (Wildman–Crippen LogP) is 0.175. The summed E-state index contributed by atoms with van der Waals surface area (Å²) in [7, 11) is 1.33. The third kappa shape index (κ3) is 2.37. The number of ether oxygens (including phenoxy) is 1. The SMILES string of the molecule is COC(=O)[C@H]1CCCc2nn(Cc3cc(C)[nH]n3)c(=O)n21. The summed E-state index contributed by atoms with van der Waals surface area (Å²) in [5.74, 6) is 0.238.